The second kappa shape index (κ2) is 6.92. The molecule has 0 aliphatic heterocycles. The predicted molar refractivity (Wildman–Crippen MR) is 77.6 cm³/mol. The molecule has 0 bridgehead atoms. The van der Waals surface area contributed by atoms with Crippen molar-refractivity contribution in [1.82, 2.24) is 5.32 Å². The largest absolute Gasteiger partial charge is 0.508 e. The summed E-state index contributed by atoms with van der Waals surface area (Å²) in [5, 5.41) is 12.0. The van der Waals surface area contributed by atoms with Gasteiger partial charge in [0.2, 0.25) is 5.91 Å². The van der Waals surface area contributed by atoms with E-state index in [4.69, 9.17) is 4.74 Å². The Hall–Kier alpha value is -2.30. The topological polar surface area (TPSA) is 75.6 Å². The van der Waals surface area contributed by atoms with E-state index in [-0.39, 0.29) is 11.7 Å². The van der Waals surface area contributed by atoms with E-state index in [0.717, 1.165) is 25.7 Å². The highest BCUT2D eigenvalue weighted by Gasteiger charge is 2.25. The number of nitrogens with one attached hydrogen (secondary N) is 1. The van der Waals surface area contributed by atoms with Crippen molar-refractivity contribution in [3.8, 4) is 5.75 Å². The highest BCUT2D eigenvalue weighted by molar-refractivity contribution is 5.96. The van der Waals surface area contributed by atoms with E-state index >= 15 is 0 Å². The molecule has 2 N–H and O–H groups in total. The second-order valence-corrected chi connectivity index (χ2v) is 5.00. The van der Waals surface area contributed by atoms with E-state index in [9.17, 15) is 14.7 Å². The molecule has 0 aromatic heterocycles. The van der Waals surface area contributed by atoms with Gasteiger partial charge >= 0.3 is 5.97 Å². The van der Waals surface area contributed by atoms with Gasteiger partial charge in [-0.1, -0.05) is 18.2 Å². The van der Waals surface area contributed by atoms with E-state index in [1.165, 1.54) is 19.2 Å². The fourth-order valence-corrected chi connectivity index (χ4v) is 2.33. The number of amides is 1. The second-order valence-electron chi connectivity index (χ2n) is 5.00. The van der Waals surface area contributed by atoms with Gasteiger partial charge in [0.25, 0.3) is 0 Å². The smallest absolute Gasteiger partial charge is 0.333 e. The van der Waals surface area contributed by atoms with Gasteiger partial charge in [-0.3, -0.25) is 4.79 Å². The summed E-state index contributed by atoms with van der Waals surface area (Å²) < 4.78 is 4.75. The van der Waals surface area contributed by atoms with Gasteiger partial charge in [-0.05, 0) is 43.4 Å². The number of phenols is 1. The van der Waals surface area contributed by atoms with Crippen LogP contribution in [0.2, 0.25) is 0 Å². The van der Waals surface area contributed by atoms with Crippen molar-refractivity contribution in [2.45, 2.75) is 31.7 Å². The standard InChI is InChI=1S/C16H19NO4/c1-21-16(20)14(11-7-9-13(18)10-8-11)17-15(19)12-5-3-2-4-6-12/h5,7-10,14,18H,2-4,6H2,1H3,(H,17,19)/t14-/m1/s1. The molecule has 0 unspecified atom stereocenters. The van der Waals surface area contributed by atoms with Crippen LogP contribution in [0, 0.1) is 0 Å². The lowest BCUT2D eigenvalue weighted by Crippen LogP contribution is -2.35. The van der Waals surface area contributed by atoms with Gasteiger partial charge in [-0.15, -0.1) is 0 Å². The molecule has 1 aliphatic carbocycles. The van der Waals surface area contributed by atoms with Crippen LogP contribution in [0.3, 0.4) is 0 Å². The van der Waals surface area contributed by atoms with E-state index in [2.05, 4.69) is 5.32 Å². The van der Waals surface area contributed by atoms with Gasteiger partial charge < -0.3 is 15.2 Å². The zero-order chi connectivity index (χ0) is 15.2. The summed E-state index contributed by atoms with van der Waals surface area (Å²) in [4.78, 5) is 24.1. The molecule has 0 fully saturated rings. The maximum atomic E-state index is 12.2. The number of hydrogen-bond donors (Lipinski definition) is 2. The lowest BCUT2D eigenvalue weighted by molar-refractivity contribution is -0.144. The van der Waals surface area contributed by atoms with Crippen LogP contribution in [-0.4, -0.2) is 24.1 Å². The minimum absolute atomic E-state index is 0.101. The van der Waals surface area contributed by atoms with Crippen LogP contribution >= 0.6 is 0 Å². The number of phenolic OH excluding ortho intramolecular Hbond substituents is 1. The summed E-state index contributed by atoms with van der Waals surface area (Å²) >= 11 is 0. The van der Waals surface area contributed by atoms with E-state index in [0.29, 0.717) is 11.1 Å². The van der Waals surface area contributed by atoms with Crippen molar-refractivity contribution < 1.29 is 19.4 Å². The number of carbonyl (C=O) groups is 2. The van der Waals surface area contributed by atoms with Crippen LogP contribution in [-0.2, 0) is 14.3 Å². The molecular formula is C16H19NO4. The van der Waals surface area contributed by atoms with Crippen LogP contribution in [0.4, 0.5) is 0 Å². The zero-order valence-electron chi connectivity index (χ0n) is 12.0. The lowest BCUT2D eigenvalue weighted by Gasteiger charge is -2.19. The minimum atomic E-state index is -0.870. The van der Waals surface area contributed by atoms with Gasteiger partial charge in [0.15, 0.2) is 6.04 Å². The number of hydrogen-bond acceptors (Lipinski definition) is 4. The molecule has 0 spiro atoms. The Morgan fingerprint density at radius 3 is 2.52 bits per heavy atom. The Morgan fingerprint density at radius 2 is 1.95 bits per heavy atom. The number of rotatable bonds is 4. The van der Waals surface area contributed by atoms with Crippen molar-refractivity contribution in [2.24, 2.45) is 0 Å². The molecule has 112 valence electrons. The molecule has 0 radical (unpaired) electrons. The molecule has 2 rings (SSSR count). The van der Waals surface area contributed by atoms with E-state index in [1.54, 1.807) is 12.1 Å². The van der Waals surface area contributed by atoms with Gasteiger partial charge in [-0.2, -0.15) is 0 Å². The molecule has 5 heteroatoms. The molecule has 1 aromatic rings. The number of esters is 1. The van der Waals surface area contributed by atoms with Crippen molar-refractivity contribution in [1.29, 1.82) is 0 Å². The van der Waals surface area contributed by atoms with Gasteiger partial charge in [0.1, 0.15) is 5.75 Å². The van der Waals surface area contributed by atoms with Gasteiger partial charge in [0.05, 0.1) is 7.11 Å². The fourth-order valence-electron chi connectivity index (χ4n) is 2.33. The Morgan fingerprint density at radius 1 is 1.24 bits per heavy atom. The first-order valence-corrected chi connectivity index (χ1v) is 6.98. The summed E-state index contributed by atoms with van der Waals surface area (Å²) in [6.07, 6.45) is 5.63. The minimum Gasteiger partial charge on any atom is -0.508 e. The fraction of sp³-hybridized carbons (Fsp3) is 0.375. The average Bonchev–Trinajstić information content (AvgIpc) is 2.53. The highest BCUT2D eigenvalue weighted by Crippen LogP contribution is 2.21. The monoisotopic (exact) mass is 289 g/mol. The van der Waals surface area contributed by atoms with E-state index < -0.39 is 12.0 Å². The van der Waals surface area contributed by atoms with Crippen LogP contribution in [0.1, 0.15) is 37.3 Å². The van der Waals surface area contributed by atoms with Crippen LogP contribution < -0.4 is 5.32 Å². The lowest BCUT2D eigenvalue weighted by atomic mass is 9.98. The predicted octanol–water partition coefficient (Wildman–Crippen LogP) is 2.22. The average molecular weight is 289 g/mol. The molecule has 1 aromatic carbocycles. The number of benzene rings is 1. The zero-order valence-corrected chi connectivity index (χ0v) is 12.0. The first kappa shape index (κ1) is 15.1. The summed E-state index contributed by atoms with van der Waals surface area (Å²) in [5.74, 6) is -0.674. The number of ether oxygens (including phenoxy) is 1. The third-order valence-corrected chi connectivity index (χ3v) is 3.52. The van der Waals surface area contributed by atoms with Gasteiger partial charge in [-0.25, -0.2) is 4.79 Å². The van der Waals surface area contributed by atoms with Crippen LogP contribution in [0.25, 0.3) is 0 Å². The summed E-state index contributed by atoms with van der Waals surface area (Å²) in [6.45, 7) is 0. The third kappa shape index (κ3) is 3.84. The third-order valence-electron chi connectivity index (χ3n) is 3.52. The molecule has 1 atom stereocenters. The molecule has 0 saturated heterocycles. The SMILES string of the molecule is COC(=O)[C@H](NC(=O)C1=CCCCC1)c1ccc(O)cc1. The van der Waals surface area contributed by atoms with Crippen molar-refractivity contribution in [2.75, 3.05) is 7.11 Å². The quantitative estimate of drug-likeness (QED) is 0.833. The Kier molecular flexibility index (Phi) is 4.98. The Labute approximate surface area is 123 Å². The van der Waals surface area contributed by atoms with E-state index in [1.807, 2.05) is 6.08 Å². The van der Waals surface area contributed by atoms with Crippen LogP contribution in [0.5, 0.6) is 5.75 Å². The molecular weight excluding hydrogens is 270 g/mol. The number of methoxy groups -OCH3 is 1. The maximum Gasteiger partial charge on any atom is 0.333 e. The molecule has 0 saturated carbocycles. The molecule has 5 nitrogen and oxygen atoms in total. The normalized spacial score (nSPS) is 15.8. The first-order chi connectivity index (χ1) is 10.1. The molecule has 21 heavy (non-hydrogen) atoms. The summed E-state index contributed by atoms with van der Waals surface area (Å²) in [7, 11) is 1.28. The van der Waals surface area contributed by atoms with Crippen LogP contribution in [0.15, 0.2) is 35.9 Å². The maximum absolute atomic E-state index is 12.2. The van der Waals surface area contributed by atoms with Crippen molar-refractivity contribution in [3.05, 3.63) is 41.5 Å². The Balaban J connectivity index is 2.16. The number of carbonyl (C=O) groups excluding carboxylic acids is 2. The van der Waals surface area contributed by atoms with Crippen molar-refractivity contribution in [3.63, 3.8) is 0 Å². The molecule has 0 heterocycles. The number of aromatic hydroxyl groups is 1. The van der Waals surface area contributed by atoms with Crippen molar-refractivity contribution >= 4 is 11.9 Å². The summed E-state index contributed by atoms with van der Waals surface area (Å²) in [6, 6.07) is 5.25. The highest BCUT2D eigenvalue weighted by atomic mass is 16.5. The Bertz CT molecular complexity index is 548. The summed E-state index contributed by atoms with van der Waals surface area (Å²) in [5.41, 5.74) is 1.29. The molecule has 1 aliphatic rings. The number of allylic oxidation sites excluding steroid dienone is 1. The first-order valence-electron chi connectivity index (χ1n) is 6.98. The van der Waals surface area contributed by atoms with Gasteiger partial charge in [0, 0.05) is 5.57 Å². The molecule has 1 amide bonds.